The third-order valence-electron chi connectivity index (χ3n) is 5.16. The average Bonchev–Trinajstić information content (AvgIpc) is 3.21. The maximum atomic E-state index is 13.9. The lowest BCUT2D eigenvalue weighted by Gasteiger charge is -2.29. The molecule has 0 saturated carbocycles. The Balaban J connectivity index is 1.79. The number of nitrogens with zero attached hydrogens (tertiary/aromatic N) is 3. The fraction of sp³-hybridized carbons (Fsp3) is 0.273. The van der Waals surface area contributed by atoms with Crippen LogP contribution in [-0.2, 0) is 25.8 Å². The van der Waals surface area contributed by atoms with Crippen LogP contribution in [0.3, 0.4) is 0 Å². The van der Waals surface area contributed by atoms with Gasteiger partial charge in [-0.15, -0.1) is 5.10 Å². The molecular weight excluding hydrogens is 416 g/mol. The van der Waals surface area contributed by atoms with E-state index < -0.39 is 4.87 Å². The van der Waals surface area contributed by atoms with Gasteiger partial charge in [-0.3, -0.25) is 14.4 Å². The molecular formula is C22H22N4O4S. The number of nitrogens with one attached hydrogen (secondary N) is 1. The number of ether oxygens (including phenoxy) is 1. The van der Waals surface area contributed by atoms with Crippen LogP contribution < -0.4 is 15.0 Å². The summed E-state index contributed by atoms with van der Waals surface area (Å²) in [5.74, 6) is -0.267. The molecule has 2 heterocycles. The number of hydrazone groups is 1. The molecule has 0 saturated heterocycles. The Morgan fingerprint density at radius 3 is 2.48 bits per heavy atom. The maximum Gasteiger partial charge on any atom is 0.271 e. The molecule has 0 fully saturated rings. The molecule has 0 aromatic heterocycles. The van der Waals surface area contributed by atoms with Crippen molar-refractivity contribution in [3.05, 3.63) is 59.2 Å². The number of hydrogen-bond acceptors (Lipinski definition) is 6. The molecule has 2 aromatic carbocycles. The molecule has 160 valence electrons. The fourth-order valence-corrected chi connectivity index (χ4v) is 5.12. The standard InChI is InChI=1S/C22H22N4O4S/c1-13-5-10-19-18(11-13)22(26(15(3)28)24-21(31-22)23-14(2)27)20(29)25(19)12-16-6-8-17(30-4)9-7-16/h5-11H,12H2,1-4H3,(H,23,24,27)/t22-/m1/s1. The smallest absolute Gasteiger partial charge is 0.271 e. The third-order valence-corrected chi connectivity index (χ3v) is 6.40. The molecule has 0 bridgehead atoms. The SMILES string of the molecule is COc1ccc(CN2C(=O)[C@]3(SC(NC(C)=O)=NN3C(C)=O)c3cc(C)ccc32)cc1. The number of amides is 3. The van der Waals surface area contributed by atoms with Gasteiger partial charge < -0.3 is 15.0 Å². The Kier molecular flexibility index (Phi) is 5.22. The number of fused-ring (bicyclic) bond motifs is 2. The van der Waals surface area contributed by atoms with Crippen LogP contribution in [0.2, 0.25) is 0 Å². The summed E-state index contributed by atoms with van der Waals surface area (Å²) >= 11 is 1.08. The van der Waals surface area contributed by atoms with E-state index in [0.717, 1.165) is 28.6 Å². The Morgan fingerprint density at radius 2 is 1.87 bits per heavy atom. The summed E-state index contributed by atoms with van der Waals surface area (Å²) in [6.45, 7) is 4.97. The molecule has 2 aromatic rings. The number of rotatable bonds is 3. The average molecular weight is 439 g/mol. The van der Waals surface area contributed by atoms with E-state index in [0.29, 0.717) is 17.8 Å². The van der Waals surface area contributed by atoms with E-state index in [2.05, 4.69) is 10.4 Å². The van der Waals surface area contributed by atoms with E-state index in [1.807, 2.05) is 49.4 Å². The van der Waals surface area contributed by atoms with Crippen molar-refractivity contribution in [3.63, 3.8) is 0 Å². The highest BCUT2D eigenvalue weighted by Crippen LogP contribution is 2.54. The van der Waals surface area contributed by atoms with E-state index >= 15 is 0 Å². The number of benzene rings is 2. The van der Waals surface area contributed by atoms with E-state index in [1.54, 1.807) is 12.0 Å². The lowest BCUT2D eigenvalue weighted by molar-refractivity contribution is -0.139. The van der Waals surface area contributed by atoms with Crippen molar-refractivity contribution in [2.45, 2.75) is 32.2 Å². The van der Waals surface area contributed by atoms with Gasteiger partial charge in [0.05, 0.1) is 19.3 Å². The molecule has 4 rings (SSSR count). The summed E-state index contributed by atoms with van der Waals surface area (Å²) in [7, 11) is 1.60. The molecule has 31 heavy (non-hydrogen) atoms. The molecule has 0 aliphatic carbocycles. The topological polar surface area (TPSA) is 91.3 Å². The fourth-order valence-electron chi connectivity index (χ4n) is 3.80. The second-order valence-electron chi connectivity index (χ2n) is 7.42. The van der Waals surface area contributed by atoms with Gasteiger partial charge in [-0.25, -0.2) is 0 Å². The summed E-state index contributed by atoms with van der Waals surface area (Å²) in [5, 5.41) is 8.29. The first-order valence-electron chi connectivity index (χ1n) is 9.68. The van der Waals surface area contributed by atoms with E-state index in [4.69, 9.17) is 4.74 Å². The molecule has 1 atom stereocenters. The van der Waals surface area contributed by atoms with Gasteiger partial charge in [-0.05, 0) is 42.4 Å². The van der Waals surface area contributed by atoms with Gasteiger partial charge in [0.2, 0.25) is 16.7 Å². The van der Waals surface area contributed by atoms with Crippen molar-refractivity contribution in [2.75, 3.05) is 12.0 Å². The predicted molar refractivity (Wildman–Crippen MR) is 118 cm³/mol. The van der Waals surface area contributed by atoms with Crippen molar-refractivity contribution in [3.8, 4) is 5.75 Å². The second kappa shape index (κ2) is 7.73. The zero-order chi connectivity index (χ0) is 22.3. The highest BCUT2D eigenvalue weighted by molar-refractivity contribution is 8.15. The summed E-state index contributed by atoms with van der Waals surface area (Å²) < 4.78 is 5.21. The van der Waals surface area contributed by atoms with Crippen molar-refractivity contribution in [2.24, 2.45) is 5.10 Å². The summed E-state index contributed by atoms with van der Waals surface area (Å²) in [5.41, 5.74) is 3.26. The summed E-state index contributed by atoms with van der Waals surface area (Å²) in [4.78, 5) is 38.3. The molecule has 9 heteroatoms. The van der Waals surface area contributed by atoms with Crippen LogP contribution in [0.15, 0.2) is 47.6 Å². The number of amidine groups is 1. The van der Waals surface area contributed by atoms with E-state index in [-0.39, 0.29) is 22.9 Å². The highest BCUT2D eigenvalue weighted by Gasteiger charge is 2.61. The summed E-state index contributed by atoms with van der Waals surface area (Å²) in [6.07, 6.45) is 0. The quantitative estimate of drug-likeness (QED) is 0.796. The van der Waals surface area contributed by atoms with Crippen molar-refractivity contribution in [1.29, 1.82) is 0 Å². The van der Waals surface area contributed by atoms with Crippen molar-refractivity contribution < 1.29 is 19.1 Å². The van der Waals surface area contributed by atoms with Gasteiger partial charge in [0.1, 0.15) is 5.75 Å². The number of carbonyl (C=O) groups excluding carboxylic acids is 3. The van der Waals surface area contributed by atoms with Gasteiger partial charge >= 0.3 is 0 Å². The Bertz CT molecular complexity index is 1110. The minimum atomic E-state index is -1.39. The van der Waals surface area contributed by atoms with Gasteiger partial charge in [-0.1, -0.05) is 29.8 Å². The normalized spacial score (nSPS) is 19.5. The van der Waals surface area contributed by atoms with Crippen molar-refractivity contribution in [1.82, 2.24) is 10.3 Å². The highest BCUT2D eigenvalue weighted by atomic mass is 32.2. The minimum absolute atomic E-state index is 0.217. The van der Waals surface area contributed by atoms with Crippen LogP contribution in [-0.4, -0.2) is 35.0 Å². The molecule has 1 spiro atoms. The zero-order valence-corrected chi connectivity index (χ0v) is 18.4. The largest absolute Gasteiger partial charge is 0.497 e. The van der Waals surface area contributed by atoms with Crippen LogP contribution >= 0.6 is 11.8 Å². The first-order chi connectivity index (χ1) is 14.8. The van der Waals surface area contributed by atoms with Crippen LogP contribution in [0.1, 0.15) is 30.5 Å². The molecule has 2 aliphatic rings. The first kappa shape index (κ1) is 20.9. The lowest BCUT2D eigenvalue weighted by atomic mass is 10.0. The molecule has 3 amide bonds. The van der Waals surface area contributed by atoms with E-state index in [1.165, 1.54) is 18.9 Å². The molecule has 8 nitrogen and oxygen atoms in total. The third kappa shape index (κ3) is 3.44. The number of methoxy groups -OCH3 is 1. The summed E-state index contributed by atoms with van der Waals surface area (Å²) in [6, 6.07) is 13.2. The second-order valence-corrected chi connectivity index (χ2v) is 8.60. The Hall–Kier alpha value is -3.33. The minimum Gasteiger partial charge on any atom is -0.497 e. The van der Waals surface area contributed by atoms with Gasteiger partial charge in [-0.2, -0.15) is 5.01 Å². The number of hydrogen-bond donors (Lipinski definition) is 1. The van der Waals surface area contributed by atoms with Gasteiger partial charge in [0.15, 0.2) is 5.17 Å². The molecule has 0 unspecified atom stereocenters. The zero-order valence-electron chi connectivity index (χ0n) is 17.6. The molecule has 1 N–H and O–H groups in total. The van der Waals surface area contributed by atoms with Gasteiger partial charge in [0.25, 0.3) is 5.91 Å². The Morgan fingerprint density at radius 1 is 1.16 bits per heavy atom. The first-order valence-corrected chi connectivity index (χ1v) is 10.5. The van der Waals surface area contributed by atoms with Gasteiger partial charge in [0, 0.05) is 19.4 Å². The number of aryl methyl sites for hydroxylation is 1. The predicted octanol–water partition coefficient (Wildman–Crippen LogP) is 2.71. The monoisotopic (exact) mass is 438 g/mol. The van der Waals surface area contributed by atoms with Crippen LogP contribution in [0.5, 0.6) is 5.75 Å². The van der Waals surface area contributed by atoms with Crippen LogP contribution in [0.4, 0.5) is 5.69 Å². The van der Waals surface area contributed by atoms with Crippen LogP contribution in [0.25, 0.3) is 0 Å². The maximum absolute atomic E-state index is 13.9. The molecule has 0 radical (unpaired) electrons. The lowest BCUT2D eigenvalue weighted by Crippen LogP contribution is -2.48. The van der Waals surface area contributed by atoms with Crippen molar-refractivity contribution >= 4 is 40.3 Å². The van der Waals surface area contributed by atoms with Crippen LogP contribution in [0, 0.1) is 6.92 Å². The number of carbonyl (C=O) groups is 3. The van der Waals surface area contributed by atoms with E-state index in [9.17, 15) is 14.4 Å². The number of thioether (sulfide) groups is 1. The number of anilines is 1. The molecule has 2 aliphatic heterocycles. The Labute approximate surface area is 184 Å².